The summed E-state index contributed by atoms with van der Waals surface area (Å²) >= 11 is 0. The van der Waals surface area contributed by atoms with E-state index in [1.54, 1.807) is 27.8 Å². The molecule has 0 saturated carbocycles. The molecule has 0 aliphatic heterocycles. The number of aryl methyl sites for hydroxylation is 1. The molecular formula is C28H28F6N4O6. The second-order valence-corrected chi connectivity index (χ2v) is 10.6. The fourth-order valence-electron chi connectivity index (χ4n) is 4.02. The maximum Gasteiger partial charge on any atom is 0.573 e. The molecule has 0 saturated heterocycles. The quantitative estimate of drug-likeness (QED) is 0.314. The van der Waals surface area contributed by atoms with Crippen LogP contribution in [0.4, 0.5) is 31.1 Å². The van der Waals surface area contributed by atoms with Crippen molar-refractivity contribution in [1.82, 2.24) is 14.5 Å². The van der Waals surface area contributed by atoms with Crippen molar-refractivity contribution in [2.24, 2.45) is 12.0 Å². The molecule has 0 radical (unpaired) electrons. The number of alkyl halides is 6. The number of halogens is 6. The zero-order valence-electron chi connectivity index (χ0n) is 23.8. The number of hydrogen-bond donors (Lipinski definition) is 2. The summed E-state index contributed by atoms with van der Waals surface area (Å²) in [6, 6.07) is 5.09. The molecule has 0 aliphatic rings. The van der Waals surface area contributed by atoms with Crippen LogP contribution in [-0.4, -0.2) is 44.2 Å². The minimum atomic E-state index is -5.15. The average molecular weight is 631 g/mol. The van der Waals surface area contributed by atoms with Crippen LogP contribution in [0.2, 0.25) is 0 Å². The van der Waals surface area contributed by atoms with E-state index in [1.807, 2.05) is 0 Å². The van der Waals surface area contributed by atoms with Crippen molar-refractivity contribution in [2.45, 2.75) is 57.9 Å². The molecule has 0 spiro atoms. The lowest BCUT2D eigenvalue weighted by atomic mass is 10.00. The zero-order chi connectivity index (χ0) is 33.0. The van der Waals surface area contributed by atoms with Crippen LogP contribution in [0.25, 0.3) is 0 Å². The Balaban J connectivity index is 2.01. The monoisotopic (exact) mass is 630 g/mol. The molecule has 0 aliphatic carbocycles. The lowest BCUT2D eigenvalue weighted by Gasteiger charge is -2.20. The predicted molar refractivity (Wildman–Crippen MR) is 141 cm³/mol. The van der Waals surface area contributed by atoms with Gasteiger partial charge in [0.05, 0.1) is 24.6 Å². The Bertz CT molecular complexity index is 1600. The van der Waals surface area contributed by atoms with Gasteiger partial charge in [0.25, 0.3) is 5.91 Å². The number of benzene rings is 2. The highest BCUT2D eigenvalue weighted by Crippen LogP contribution is 2.32. The van der Waals surface area contributed by atoms with E-state index in [0.717, 1.165) is 24.3 Å². The molecule has 0 fully saturated rings. The molecule has 44 heavy (non-hydrogen) atoms. The van der Waals surface area contributed by atoms with Crippen molar-refractivity contribution in [3.63, 3.8) is 0 Å². The van der Waals surface area contributed by atoms with Crippen LogP contribution < -0.4 is 15.7 Å². The minimum absolute atomic E-state index is 0.0541. The maximum absolute atomic E-state index is 13.3. The number of hydrogen-bond acceptors (Lipinski definition) is 5. The molecule has 1 atom stereocenters. The molecule has 2 N–H and O–H groups in total. The number of ether oxygens (including phenoxy) is 2. The Morgan fingerprint density at radius 3 is 2.27 bits per heavy atom. The minimum Gasteiger partial charge on any atom is -0.481 e. The third-order valence-corrected chi connectivity index (χ3v) is 5.74. The van der Waals surface area contributed by atoms with Gasteiger partial charge in [0, 0.05) is 25.0 Å². The number of carboxylic acid groups (broad SMARTS) is 1. The fraction of sp³-hybridized carbons (Fsp3) is 0.357. The number of nitrogens with zero attached hydrogens (tertiary/aromatic N) is 3. The summed E-state index contributed by atoms with van der Waals surface area (Å²) in [4.78, 5) is 40.9. The van der Waals surface area contributed by atoms with E-state index in [-0.39, 0.29) is 23.3 Å². The second-order valence-electron chi connectivity index (χ2n) is 10.6. The third kappa shape index (κ3) is 9.91. The van der Waals surface area contributed by atoms with Gasteiger partial charge < -0.3 is 29.0 Å². The first kappa shape index (κ1) is 33.7. The number of imidazole rings is 1. The van der Waals surface area contributed by atoms with Gasteiger partial charge in [-0.3, -0.25) is 9.59 Å². The van der Waals surface area contributed by atoms with Crippen molar-refractivity contribution in [3.05, 3.63) is 82.7 Å². The van der Waals surface area contributed by atoms with Crippen molar-refractivity contribution in [1.29, 1.82) is 0 Å². The van der Waals surface area contributed by atoms with Crippen molar-refractivity contribution in [3.8, 4) is 5.75 Å². The molecule has 1 aromatic heterocycles. The fourth-order valence-corrected chi connectivity index (χ4v) is 4.02. The molecular weight excluding hydrogens is 602 g/mol. The molecule has 0 bridgehead atoms. The van der Waals surface area contributed by atoms with Gasteiger partial charge in [-0.25, -0.2) is 4.79 Å². The summed E-state index contributed by atoms with van der Waals surface area (Å²) in [5.41, 5.74) is -2.41. The molecule has 10 nitrogen and oxygen atoms in total. The van der Waals surface area contributed by atoms with Crippen LogP contribution in [0.15, 0.2) is 59.9 Å². The molecule has 238 valence electrons. The summed E-state index contributed by atoms with van der Waals surface area (Å²) in [5.74, 6) is -3.33. The van der Waals surface area contributed by atoms with Gasteiger partial charge in [-0.15, -0.1) is 18.2 Å². The van der Waals surface area contributed by atoms with Gasteiger partial charge in [-0.2, -0.15) is 13.2 Å². The Hall–Kier alpha value is -4.76. The smallest absolute Gasteiger partial charge is 0.481 e. The lowest BCUT2D eigenvalue weighted by Crippen LogP contribution is -2.31. The average Bonchev–Trinajstić information content (AvgIpc) is 3.19. The van der Waals surface area contributed by atoms with Crippen LogP contribution in [0, 0.1) is 0 Å². The van der Waals surface area contributed by atoms with Crippen LogP contribution >= 0.6 is 0 Å². The Kier molecular flexibility index (Phi) is 9.85. The molecule has 2 amide bonds. The van der Waals surface area contributed by atoms with E-state index in [4.69, 9.17) is 4.74 Å². The van der Waals surface area contributed by atoms with E-state index in [9.17, 15) is 45.8 Å². The topological polar surface area (TPSA) is 124 Å². The zero-order valence-corrected chi connectivity index (χ0v) is 23.8. The maximum atomic E-state index is 13.3. The molecule has 3 aromatic rings. The Morgan fingerprint density at radius 1 is 1.00 bits per heavy atom. The summed E-state index contributed by atoms with van der Waals surface area (Å²) < 4.78 is 91.2. The molecule has 1 heterocycles. The predicted octanol–water partition coefficient (Wildman–Crippen LogP) is 5.57. The largest absolute Gasteiger partial charge is 0.573 e. The van der Waals surface area contributed by atoms with Gasteiger partial charge in [0.2, 0.25) is 5.62 Å². The van der Waals surface area contributed by atoms with Crippen LogP contribution in [0.1, 0.15) is 60.3 Å². The Morgan fingerprint density at radius 2 is 1.68 bits per heavy atom. The third-order valence-electron chi connectivity index (χ3n) is 5.74. The number of aromatic nitrogens is 2. The highest BCUT2D eigenvalue weighted by atomic mass is 19.4. The van der Waals surface area contributed by atoms with Gasteiger partial charge in [-0.1, -0.05) is 12.1 Å². The summed E-state index contributed by atoms with van der Waals surface area (Å²) in [5, 5.41) is 11.6. The van der Waals surface area contributed by atoms with Crippen molar-refractivity contribution in [2.75, 3.05) is 0 Å². The number of carbonyl (C=O) groups is 3. The molecule has 2 aromatic carbocycles. The first-order chi connectivity index (χ1) is 20.2. The molecule has 1 unspecified atom stereocenters. The SMILES string of the molecule is Cn1ccn(Cc2cc(OC(F)(F)F)cc(C(=O)NC(CC(=O)O)c3cccc(C(F)(F)F)c3)c2)c1=NC(=O)OC(C)(C)C. The standard InChI is InChI=1S/C28H28F6N4O6/c1-26(2,3)44-25(42)36-24-37(4)8-9-38(24)15-16-10-18(13-20(11-16)43-28(32,33)34)23(41)35-21(14-22(39)40)17-6-5-7-19(12-17)27(29,30)31/h5-13,21H,14-15H2,1-4H3,(H,35,41)(H,39,40). The highest BCUT2D eigenvalue weighted by molar-refractivity contribution is 5.95. The molecule has 3 rings (SSSR count). The normalized spacial score (nSPS) is 13.4. The van der Waals surface area contributed by atoms with Crippen LogP contribution in [-0.2, 0) is 29.3 Å². The molecule has 16 heteroatoms. The van der Waals surface area contributed by atoms with E-state index >= 15 is 0 Å². The van der Waals surface area contributed by atoms with Crippen molar-refractivity contribution >= 4 is 18.0 Å². The number of nitrogens with one attached hydrogen (secondary N) is 1. The highest BCUT2D eigenvalue weighted by Gasteiger charge is 2.33. The number of rotatable bonds is 8. The first-order valence-electron chi connectivity index (χ1n) is 12.8. The van der Waals surface area contributed by atoms with E-state index in [2.05, 4.69) is 15.0 Å². The van der Waals surface area contributed by atoms with Gasteiger partial charge in [0.15, 0.2) is 0 Å². The summed E-state index contributed by atoms with van der Waals surface area (Å²) in [6.07, 6.45) is -8.67. The summed E-state index contributed by atoms with van der Waals surface area (Å²) in [7, 11) is 1.55. The van der Waals surface area contributed by atoms with Gasteiger partial charge >= 0.3 is 24.6 Å². The van der Waals surface area contributed by atoms with Crippen LogP contribution in [0.3, 0.4) is 0 Å². The number of amides is 2. The van der Waals surface area contributed by atoms with E-state index < -0.39 is 65.4 Å². The van der Waals surface area contributed by atoms with Gasteiger partial charge in [0.1, 0.15) is 11.4 Å². The van der Waals surface area contributed by atoms with E-state index in [1.165, 1.54) is 33.7 Å². The number of carboxylic acids is 1. The lowest BCUT2D eigenvalue weighted by molar-refractivity contribution is -0.274. The second kappa shape index (κ2) is 12.9. The van der Waals surface area contributed by atoms with Crippen LogP contribution in [0.5, 0.6) is 5.75 Å². The summed E-state index contributed by atoms with van der Waals surface area (Å²) in [6.45, 7) is 4.68. The van der Waals surface area contributed by atoms with Crippen molar-refractivity contribution < 1.29 is 55.3 Å². The number of carbonyl (C=O) groups excluding carboxylic acids is 2. The first-order valence-corrected chi connectivity index (χ1v) is 12.8. The van der Waals surface area contributed by atoms with E-state index in [0.29, 0.717) is 6.07 Å². The number of aliphatic carboxylic acids is 1. The Labute approximate surface area is 246 Å². The van der Waals surface area contributed by atoms with Gasteiger partial charge in [-0.05, 0) is 62.2 Å².